The molecule has 1 aliphatic rings. The van der Waals surface area contributed by atoms with Crippen molar-refractivity contribution in [2.24, 2.45) is 11.7 Å². The first-order valence-electron chi connectivity index (χ1n) is 9.02. The molecular formula is C21H25N3O2. The molecule has 0 radical (unpaired) electrons. The van der Waals surface area contributed by atoms with E-state index in [1.165, 1.54) is 0 Å². The quantitative estimate of drug-likeness (QED) is 0.783. The number of amides is 2. The normalized spacial score (nSPS) is 22.5. The van der Waals surface area contributed by atoms with Crippen LogP contribution >= 0.6 is 0 Å². The molecule has 3 rings (SSSR count). The van der Waals surface area contributed by atoms with Crippen molar-refractivity contribution in [3.05, 3.63) is 60.2 Å². The van der Waals surface area contributed by atoms with E-state index in [-0.39, 0.29) is 17.7 Å². The van der Waals surface area contributed by atoms with Gasteiger partial charge in [0.05, 0.1) is 5.92 Å². The fraction of sp³-hybridized carbons (Fsp3) is 0.333. The lowest BCUT2D eigenvalue weighted by atomic mass is 9.74. The van der Waals surface area contributed by atoms with Crippen LogP contribution in [-0.2, 0) is 4.79 Å². The number of rotatable bonds is 4. The van der Waals surface area contributed by atoms with Gasteiger partial charge in [-0.1, -0.05) is 31.0 Å². The van der Waals surface area contributed by atoms with E-state index in [4.69, 9.17) is 5.73 Å². The van der Waals surface area contributed by atoms with Crippen molar-refractivity contribution in [3.8, 4) is 0 Å². The van der Waals surface area contributed by atoms with Crippen LogP contribution in [0.4, 0.5) is 11.4 Å². The monoisotopic (exact) mass is 351 g/mol. The largest absolute Gasteiger partial charge is 0.326 e. The fourth-order valence-electron chi connectivity index (χ4n) is 3.45. The number of carbonyl (C=O) groups excluding carboxylic acids is 2. The molecule has 0 aromatic heterocycles. The second-order valence-electron chi connectivity index (χ2n) is 7.19. The van der Waals surface area contributed by atoms with Gasteiger partial charge in [0.15, 0.2) is 0 Å². The van der Waals surface area contributed by atoms with E-state index in [1.54, 1.807) is 24.3 Å². The Morgan fingerprint density at radius 1 is 0.962 bits per heavy atom. The molecule has 0 saturated heterocycles. The maximum Gasteiger partial charge on any atom is 0.255 e. The molecule has 4 N–H and O–H groups in total. The number of hydrogen-bond acceptors (Lipinski definition) is 3. The molecule has 2 aromatic rings. The van der Waals surface area contributed by atoms with Crippen molar-refractivity contribution in [1.29, 1.82) is 0 Å². The van der Waals surface area contributed by atoms with Gasteiger partial charge >= 0.3 is 0 Å². The van der Waals surface area contributed by atoms with Gasteiger partial charge in [0.2, 0.25) is 5.91 Å². The first-order chi connectivity index (χ1) is 12.5. The van der Waals surface area contributed by atoms with Gasteiger partial charge in [-0.15, -0.1) is 0 Å². The number of para-hydroxylation sites is 1. The van der Waals surface area contributed by atoms with E-state index in [9.17, 15) is 9.59 Å². The summed E-state index contributed by atoms with van der Waals surface area (Å²) in [6, 6.07) is 16.2. The smallest absolute Gasteiger partial charge is 0.255 e. The lowest BCUT2D eigenvalue weighted by Crippen LogP contribution is -2.51. The molecule has 2 aromatic carbocycles. The molecule has 2 unspecified atom stereocenters. The second kappa shape index (κ2) is 7.70. The van der Waals surface area contributed by atoms with Crippen LogP contribution in [0.15, 0.2) is 54.6 Å². The molecule has 2 amide bonds. The zero-order valence-electron chi connectivity index (χ0n) is 15.0. The summed E-state index contributed by atoms with van der Waals surface area (Å²) in [5.74, 6) is -0.413. The summed E-state index contributed by atoms with van der Waals surface area (Å²) in [4.78, 5) is 24.8. The summed E-state index contributed by atoms with van der Waals surface area (Å²) in [5.41, 5.74) is 7.79. The Hall–Kier alpha value is -2.66. The molecular weight excluding hydrogens is 326 g/mol. The van der Waals surface area contributed by atoms with Crippen molar-refractivity contribution in [1.82, 2.24) is 0 Å². The van der Waals surface area contributed by atoms with Crippen LogP contribution in [0.5, 0.6) is 0 Å². The van der Waals surface area contributed by atoms with Crippen LogP contribution in [0.25, 0.3) is 0 Å². The van der Waals surface area contributed by atoms with Gasteiger partial charge in [-0.25, -0.2) is 0 Å². The van der Waals surface area contributed by atoms with Gasteiger partial charge in [-0.2, -0.15) is 0 Å². The van der Waals surface area contributed by atoms with Gasteiger partial charge in [-0.3, -0.25) is 9.59 Å². The molecule has 0 heterocycles. The molecule has 5 nitrogen and oxygen atoms in total. The summed E-state index contributed by atoms with van der Waals surface area (Å²) in [5, 5.41) is 5.77. The van der Waals surface area contributed by atoms with Crippen molar-refractivity contribution in [2.75, 3.05) is 10.6 Å². The molecule has 1 aliphatic carbocycles. The van der Waals surface area contributed by atoms with Crippen LogP contribution in [0, 0.1) is 5.92 Å². The van der Waals surface area contributed by atoms with Crippen LogP contribution in [0.1, 0.15) is 43.0 Å². The minimum atomic E-state index is -0.460. The minimum Gasteiger partial charge on any atom is -0.326 e. The third-order valence-electron chi connectivity index (χ3n) is 5.02. The van der Waals surface area contributed by atoms with Crippen LogP contribution in [0.3, 0.4) is 0 Å². The summed E-state index contributed by atoms with van der Waals surface area (Å²) >= 11 is 0. The van der Waals surface area contributed by atoms with Crippen molar-refractivity contribution >= 4 is 23.2 Å². The van der Waals surface area contributed by atoms with Crippen LogP contribution in [-0.4, -0.2) is 17.4 Å². The van der Waals surface area contributed by atoms with Crippen LogP contribution in [0.2, 0.25) is 0 Å². The fourth-order valence-corrected chi connectivity index (χ4v) is 3.45. The number of nitrogens with one attached hydrogen (secondary N) is 2. The average molecular weight is 351 g/mol. The average Bonchev–Trinajstić information content (AvgIpc) is 2.62. The zero-order chi connectivity index (χ0) is 18.6. The van der Waals surface area contributed by atoms with E-state index >= 15 is 0 Å². The predicted octanol–water partition coefficient (Wildman–Crippen LogP) is 3.79. The van der Waals surface area contributed by atoms with Crippen molar-refractivity contribution < 1.29 is 9.59 Å². The maximum absolute atomic E-state index is 12.6. The predicted molar refractivity (Wildman–Crippen MR) is 104 cm³/mol. The topological polar surface area (TPSA) is 84.2 Å². The lowest BCUT2D eigenvalue weighted by molar-refractivity contribution is -0.122. The number of hydrogen-bond donors (Lipinski definition) is 3. The van der Waals surface area contributed by atoms with E-state index in [2.05, 4.69) is 10.6 Å². The van der Waals surface area contributed by atoms with E-state index in [0.717, 1.165) is 31.4 Å². The Morgan fingerprint density at radius 2 is 1.62 bits per heavy atom. The summed E-state index contributed by atoms with van der Waals surface area (Å²) in [6.45, 7) is 1.95. The number of carbonyl (C=O) groups is 2. The zero-order valence-corrected chi connectivity index (χ0v) is 15.0. The molecule has 0 aliphatic heterocycles. The highest BCUT2D eigenvalue weighted by molar-refractivity contribution is 6.04. The third kappa shape index (κ3) is 4.29. The van der Waals surface area contributed by atoms with Gasteiger partial charge in [-0.05, 0) is 56.2 Å². The summed E-state index contributed by atoms with van der Waals surface area (Å²) < 4.78 is 0. The molecule has 2 atom stereocenters. The highest BCUT2D eigenvalue weighted by Gasteiger charge is 2.37. The van der Waals surface area contributed by atoms with Gasteiger partial charge in [0.25, 0.3) is 5.91 Å². The van der Waals surface area contributed by atoms with Crippen molar-refractivity contribution in [2.45, 2.75) is 38.1 Å². The standard InChI is InChI=1S/C21H25N3O2/c1-21(22)14-6-5-9-18(21)20(26)24-17-12-10-15(11-13-17)19(25)23-16-7-3-2-4-8-16/h2-4,7-8,10-13,18H,5-6,9,14,22H2,1H3,(H,23,25)(H,24,26). The third-order valence-corrected chi connectivity index (χ3v) is 5.02. The number of benzene rings is 2. The Morgan fingerprint density at radius 3 is 2.27 bits per heavy atom. The Labute approximate surface area is 154 Å². The van der Waals surface area contributed by atoms with Gasteiger partial charge < -0.3 is 16.4 Å². The lowest BCUT2D eigenvalue weighted by Gasteiger charge is -2.37. The second-order valence-corrected chi connectivity index (χ2v) is 7.19. The molecule has 5 heteroatoms. The number of anilines is 2. The molecule has 1 fully saturated rings. The van der Waals surface area contributed by atoms with Gasteiger partial charge in [0, 0.05) is 22.5 Å². The Kier molecular flexibility index (Phi) is 5.38. The first kappa shape index (κ1) is 18.1. The van der Waals surface area contributed by atoms with E-state index < -0.39 is 5.54 Å². The summed E-state index contributed by atoms with van der Waals surface area (Å²) in [6.07, 6.45) is 3.78. The summed E-state index contributed by atoms with van der Waals surface area (Å²) in [7, 11) is 0. The molecule has 0 spiro atoms. The molecule has 26 heavy (non-hydrogen) atoms. The molecule has 1 saturated carbocycles. The molecule has 136 valence electrons. The highest BCUT2D eigenvalue weighted by Crippen LogP contribution is 2.32. The van der Waals surface area contributed by atoms with E-state index in [1.807, 2.05) is 37.3 Å². The first-order valence-corrected chi connectivity index (χ1v) is 9.02. The highest BCUT2D eigenvalue weighted by atomic mass is 16.2. The maximum atomic E-state index is 12.6. The number of nitrogens with two attached hydrogens (primary N) is 1. The Balaban J connectivity index is 1.62. The minimum absolute atomic E-state index is 0.0452. The van der Waals surface area contributed by atoms with Gasteiger partial charge in [0.1, 0.15) is 0 Å². The van der Waals surface area contributed by atoms with Crippen LogP contribution < -0.4 is 16.4 Å². The SMILES string of the molecule is CC1(N)CCCCC1C(=O)Nc1ccc(C(=O)Nc2ccccc2)cc1. The Bertz CT molecular complexity index is 770. The molecule has 0 bridgehead atoms. The van der Waals surface area contributed by atoms with Crippen molar-refractivity contribution in [3.63, 3.8) is 0 Å². The van der Waals surface area contributed by atoms with E-state index in [0.29, 0.717) is 11.3 Å².